The molecular weight excluding hydrogens is 316 g/mol. The van der Waals surface area contributed by atoms with Gasteiger partial charge in [0.1, 0.15) is 0 Å². The van der Waals surface area contributed by atoms with Crippen molar-refractivity contribution in [2.45, 2.75) is 35.8 Å². The Balaban J connectivity index is 2.23. The van der Waals surface area contributed by atoms with Gasteiger partial charge in [0.15, 0.2) is 0 Å². The van der Waals surface area contributed by atoms with Crippen molar-refractivity contribution in [3.8, 4) is 0 Å². The van der Waals surface area contributed by atoms with Gasteiger partial charge in [-0.25, -0.2) is 13.1 Å². The van der Waals surface area contributed by atoms with E-state index < -0.39 is 10.0 Å². The highest BCUT2D eigenvalue weighted by atomic mass is 35.5. The molecule has 2 rings (SSSR count). The Labute approximate surface area is 129 Å². The van der Waals surface area contributed by atoms with Gasteiger partial charge in [0, 0.05) is 22.0 Å². The monoisotopic (exact) mass is 334 g/mol. The number of hydrogen-bond donors (Lipinski definition) is 2. The quantitative estimate of drug-likeness (QED) is 0.812. The fourth-order valence-electron chi connectivity index (χ4n) is 2.28. The van der Waals surface area contributed by atoms with Crippen molar-refractivity contribution in [3.63, 3.8) is 0 Å². The van der Waals surface area contributed by atoms with Crippen LogP contribution in [0.2, 0.25) is 5.02 Å². The number of anilines is 1. The molecule has 0 unspecified atom stereocenters. The molecule has 0 aliphatic heterocycles. The summed E-state index contributed by atoms with van der Waals surface area (Å²) in [4.78, 5) is 0.165. The normalized spacial score (nSPS) is 17.8. The summed E-state index contributed by atoms with van der Waals surface area (Å²) in [6.45, 7) is 2.14. The van der Waals surface area contributed by atoms with Crippen LogP contribution in [0.4, 0.5) is 5.69 Å². The van der Waals surface area contributed by atoms with Gasteiger partial charge in [0.25, 0.3) is 0 Å². The molecule has 3 N–H and O–H groups in total. The predicted molar refractivity (Wildman–Crippen MR) is 85.9 cm³/mol. The summed E-state index contributed by atoms with van der Waals surface area (Å²) < 4.78 is 27.6. The first-order valence-corrected chi connectivity index (χ1v) is 9.49. The molecule has 0 aromatic heterocycles. The average molecular weight is 335 g/mol. The Morgan fingerprint density at radius 2 is 2.10 bits per heavy atom. The molecule has 20 heavy (non-hydrogen) atoms. The molecule has 0 spiro atoms. The third kappa shape index (κ3) is 3.08. The van der Waals surface area contributed by atoms with E-state index >= 15 is 0 Å². The second-order valence-electron chi connectivity index (χ2n) is 5.18. The van der Waals surface area contributed by atoms with Crippen molar-refractivity contribution >= 4 is 39.1 Å². The highest BCUT2D eigenvalue weighted by Crippen LogP contribution is 2.42. The standard InChI is InChI=1S/C13H19ClN2O2S2/c1-9-11(15)6-10(14)7-12(9)20(17,18)16-8-13(19-2)4-3-5-13/h6-7,16H,3-5,8,15H2,1-2H3. The summed E-state index contributed by atoms with van der Waals surface area (Å²) in [5, 5.41) is 0.330. The summed E-state index contributed by atoms with van der Waals surface area (Å²) in [5.41, 5.74) is 6.71. The van der Waals surface area contributed by atoms with Gasteiger partial charge >= 0.3 is 0 Å². The van der Waals surface area contributed by atoms with Crippen molar-refractivity contribution in [1.82, 2.24) is 4.72 Å². The maximum absolute atomic E-state index is 12.4. The van der Waals surface area contributed by atoms with Crippen molar-refractivity contribution < 1.29 is 8.42 Å². The highest BCUT2D eigenvalue weighted by molar-refractivity contribution is 8.00. The number of nitrogens with one attached hydrogen (secondary N) is 1. The molecule has 1 aromatic rings. The van der Waals surface area contributed by atoms with E-state index in [4.69, 9.17) is 17.3 Å². The van der Waals surface area contributed by atoms with Gasteiger partial charge in [0.2, 0.25) is 10.0 Å². The zero-order valence-corrected chi connectivity index (χ0v) is 14.0. The summed E-state index contributed by atoms with van der Waals surface area (Å²) in [7, 11) is -3.58. The molecule has 0 amide bonds. The van der Waals surface area contributed by atoms with Gasteiger partial charge in [-0.15, -0.1) is 0 Å². The van der Waals surface area contributed by atoms with Crippen LogP contribution in [0.1, 0.15) is 24.8 Å². The lowest BCUT2D eigenvalue weighted by molar-refractivity contribution is 0.362. The smallest absolute Gasteiger partial charge is 0.241 e. The van der Waals surface area contributed by atoms with Crippen LogP contribution in [-0.2, 0) is 10.0 Å². The van der Waals surface area contributed by atoms with Crippen LogP contribution >= 0.6 is 23.4 Å². The molecule has 1 aliphatic carbocycles. The molecule has 0 heterocycles. The van der Waals surface area contributed by atoms with Crippen molar-refractivity contribution in [2.24, 2.45) is 0 Å². The van der Waals surface area contributed by atoms with Gasteiger partial charge in [0.05, 0.1) is 4.90 Å². The second kappa shape index (κ2) is 5.75. The molecule has 0 radical (unpaired) electrons. The number of hydrogen-bond acceptors (Lipinski definition) is 4. The largest absolute Gasteiger partial charge is 0.398 e. The van der Waals surface area contributed by atoms with E-state index in [1.54, 1.807) is 24.8 Å². The number of nitrogens with two attached hydrogens (primary N) is 1. The Hall–Kier alpha value is -0.430. The zero-order chi connectivity index (χ0) is 15.0. The minimum Gasteiger partial charge on any atom is -0.398 e. The summed E-state index contributed by atoms with van der Waals surface area (Å²) >= 11 is 7.64. The molecule has 0 saturated heterocycles. The van der Waals surface area contributed by atoms with Crippen LogP contribution in [0.15, 0.2) is 17.0 Å². The molecule has 1 saturated carbocycles. The summed E-state index contributed by atoms with van der Waals surface area (Å²) in [5.74, 6) is 0. The Kier molecular flexibility index (Phi) is 4.59. The maximum Gasteiger partial charge on any atom is 0.241 e. The molecule has 1 fully saturated rings. The molecule has 0 atom stereocenters. The van der Waals surface area contributed by atoms with Crippen LogP contribution in [-0.4, -0.2) is 26.0 Å². The van der Waals surface area contributed by atoms with Crippen LogP contribution in [0, 0.1) is 6.92 Å². The number of nitrogen functional groups attached to an aromatic ring is 1. The van der Waals surface area contributed by atoms with Crippen molar-refractivity contribution in [3.05, 3.63) is 22.7 Å². The summed E-state index contributed by atoms with van der Waals surface area (Å²) in [6.07, 6.45) is 5.28. The van der Waals surface area contributed by atoms with Gasteiger partial charge in [-0.3, -0.25) is 0 Å². The highest BCUT2D eigenvalue weighted by Gasteiger charge is 2.37. The van der Waals surface area contributed by atoms with Crippen LogP contribution in [0.25, 0.3) is 0 Å². The topological polar surface area (TPSA) is 72.2 Å². The first-order valence-electron chi connectivity index (χ1n) is 6.40. The minimum absolute atomic E-state index is 0.0467. The second-order valence-corrected chi connectivity index (χ2v) is 8.63. The fraction of sp³-hybridized carbons (Fsp3) is 0.538. The van der Waals surface area contributed by atoms with Crippen LogP contribution in [0.3, 0.4) is 0 Å². The first-order chi connectivity index (χ1) is 9.30. The molecule has 1 aromatic carbocycles. The fourth-order valence-corrected chi connectivity index (χ4v) is 5.00. The van der Waals surface area contributed by atoms with Crippen molar-refractivity contribution in [2.75, 3.05) is 18.5 Å². The Bertz CT molecular complexity index is 608. The summed E-state index contributed by atoms with van der Waals surface area (Å²) in [6, 6.07) is 3.01. The SMILES string of the molecule is CSC1(CNS(=O)(=O)c2cc(Cl)cc(N)c2C)CCC1. The first kappa shape index (κ1) is 15.9. The van der Waals surface area contributed by atoms with E-state index in [9.17, 15) is 8.42 Å². The average Bonchev–Trinajstić information content (AvgIpc) is 2.32. The van der Waals surface area contributed by atoms with E-state index in [1.807, 2.05) is 6.26 Å². The van der Waals surface area contributed by atoms with E-state index in [2.05, 4.69) is 4.72 Å². The Morgan fingerprint density at radius 3 is 2.60 bits per heavy atom. The number of sulfonamides is 1. The number of halogens is 1. The van der Waals surface area contributed by atoms with Gasteiger partial charge in [-0.1, -0.05) is 18.0 Å². The predicted octanol–water partition coefficient (Wildman–Crippen LogP) is 2.79. The molecule has 1 aliphatic rings. The lowest BCUT2D eigenvalue weighted by Gasteiger charge is -2.40. The van der Waals surface area contributed by atoms with Gasteiger partial charge in [-0.05, 0) is 43.7 Å². The van der Waals surface area contributed by atoms with Gasteiger partial charge in [-0.2, -0.15) is 11.8 Å². The lowest BCUT2D eigenvalue weighted by Crippen LogP contribution is -2.45. The minimum atomic E-state index is -3.58. The molecular formula is C13H19ClN2O2S2. The van der Waals surface area contributed by atoms with E-state index in [0.29, 0.717) is 22.8 Å². The third-order valence-corrected chi connectivity index (χ3v) is 7.10. The molecule has 0 bridgehead atoms. The lowest BCUT2D eigenvalue weighted by atomic mass is 9.84. The van der Waals surface area contributed by atoms with E-state index in [-0.39, 0.29) is 9.64 Å². The van der Waals surface area contributed by atoms with Crippen molar-refractivity contribution in [1.29, 1.82) is 0 Å². The van der Waals surface area contributed by atoms with Gasteiger partial charge < -0.3 is 5.73 Å². The maximum atomic E-state index is 12.4. The zero-order valence-electron chi connectivity index (χ0n) is 11.6. The van der Waals surface area contributed by atoms with E-state index in [0.717, 1.165) is 19.3 Å². The number of thioether (sulfide) groups is 1. The molecule has 112 valence electrons. The van der Waals surface area contributed by atoms with E-state index in [1.165, 1.54) is 6.07 Å². The van der Waals surface area contributed by atoms with Crippen LogP contribution in [0.5, 0.6) is 0 Å². The molecule has 4 nitrogen and oxygen atoms in total. The number of rotatable bonds is 5. The Morgan fingerprint density at radius 1 is 1.45 bits per heavy atom. The van der Waals surface area contributed by atoms with Crippen LogP contribution < -0.4 is 10.5 Å². The third-order valence-electron chi connectivity index (χ3n) is 3.94. The molecule has 7 heteroatoms. The number of benzene rings is 1.